The van der Waals surface area contributed by atoms with Gasteiger partial charge < -0.3 is 14.8 Å². The number of halogens is 1. The summed E-state index contributed by atoms with van der Waals surface area (Å²) in [5.74, 6) is -0.247. The number of carbonyl (C=O) groups excluding carboxylic acids is 1. The quantitative estimate of drug-likeness (QED) is 0.869. The van der Waals surface area contributed by atoms with Crippen molar-refractivity contribution in [2.24, 2.45) is 5.41 Å². The molecule has 1 saturated carbocycles. The second-order valence-corrected chi connectivity index (χ2v) is 5.00. The van der Waals surface area contributed by atoms with Crippen molar-refractivity contribution in [3.8, 4) is 0 Å². The molecule has 0 unspecified atom stereocenters. The van der Waals surface area contributed by atoms with Crippen molar-refractivity contribution < 1.29 is 14.3 Å². The van der Waals surface area contributed by atoms with E-state index in [2.05, 4.69) is 5.32 Å². The summed E-state index contributed by atoms with van der Waals surface area (Å²) < 4.78 is 4.86. The van der Waals surface area contributed by atoms with Gasteiger partial charge in [-0.2, -0.15) is 0 Å². The van der Waals surface area contributed by atoms with Crippen LogP contribution in [0.5, 0.6) is 0 Å². The van der Waals surface area contributed by atoms with Crippen LogP contribution in [0, 0.1) is 5.41 Å². The average Bonchev–Trinajstić information content (AvgIpc) is 2.95. The van der Waals surface area contributed by atoms with E-state index in [-0.39, 0.29) is 23.1 Å². The maximum atomic E-state index is 11.8. The van der Waals surface area contributed by atoms with Crippen molar-refractivity contribution >= 4 is 17.5 Å². The second kappa shape index (κ2) is 5.10. The summed E-state index contributed by atoms with van der Waals surface area (Å²) in [5.41, 5.74) is 0.198. The first-order valence-corrected chi connectivity index (χ1v) is 6.17. The minimum Gasteiger partial charge on any atom is -0.452 e. The second-order valence-electron chi connectivity index (χ2n) is 4.66. The van der Waals surface area contributed by atoms with Crippen molar-refractivity contribution in [2.45, 2.75) is 25.7 Å². The lowest BCUT2D eigenvalue weighted by Gasteiger charge is -2.26. The smallest absolute Gasteiger partial charge is 0.256 e. The third-order valence-corrected chi connectivity index (χ3v) is 3.78. The Hall–Kier alpha value is -1.00. The lowest BCUT2D eigenvalue weighted by atomic mass is 9.87. The largest absolute Gasteiger partial charge is 0.452 e. The molecule has 94 valence electrons. The highest BCUT2D eigenvalue weighted by Gasteiger charge is 2.33. The molecule has 1 heterocycles. The minimum absolute atomic E-state index is 0.104. The van der Waals surface area contributed by atoms with Gasteiger partial charge in [0.1, 0.15) is 0 Å². The minimum atomic E-state index is -0.247. The predicted octanol–water partition coefficient (Wildman–Crippen LogP) is 2.22. The molecule has 1 aromatic rings. The standard InChI is InChI=1S/C12H16ClNO3/c13-10-9(3-6-17-10)11(16)14-7-12(8-15)4-1-2-5-12/h3,6,15H,1-2,4-5,7-8H2,(H,14,16). The van der Waals surface area contributed by atoms with Gasteiger partial charge in [-0.25, -0.2) is 0 Å². The molecule has 4 nitrogen and oxygen atoms in total. The van der Waals surface area contributed by atoms with Gasteiger partial charge in [0.2, 0.25) is 5.22 Å². The van der Waals surface area contributed by atoms with E-state index in [1.165, 1.54) is 12.3 Å². The van der Waals surface area contributed by atoms with Crippen molar-refractivity contribution in [3.63, 3.8) is 0 Å². The lowest BCUT2D eigenvalue weighted by Crippen LogP contribution is -2.38. The van der Waals surface area contributed by atoms with Gasteiger partial charge in [-0.3, -0.25) is 4.79 Å². The van der Waals surface area contributed by atoms with E-state index >= 15 is 0 Å². The summed E-state index contributed by atoms with van der Waals surface area (Å²) in [4.78, 5) is 11.8. The Kier molecular flexibility index (Phi) is 3.74. The third-order valence-electron chi connectivity index (χ3n) is 3.49. The molecule has 2 N–H and O–H groups in total. The van der Waals surface area contributed by atoms with Crippen molar-refractivity contribution in [2.75, 3.05) is 13.2 Å². The summed E-state index contributed by atoms with van der Waals surface area (Å²) in [6.45, 7) is 0.607. The zero-order valence-corrected chi connectivity index (χ0v) is 10.3. The number of hydrogen-bond acceptors (Lipinski definition) is 3. The Labute approximate surface area is 105 Å². The molecule has 0 atom stereocenters. The normalized spacial score (nSPS) is 18.2. The van der Waals surface area contributed by atoms with Gasteiger partial charge >= 0.3 is 0 Å². The lowest BCUT2D eigenvalue weighted by molar-refractivity contribution is 0.0880. The van der Waals surface area contributed by atoms with Crippen molar-refractivity contribution in [3.05, 3.63) is 23.1 Å². The zero-order chi connectivity index (χ0) is 12.3. The van der Waals surface area contributed by atoms with Crippen LogP contribution in [-0.2, 0) is 0 Å². The van der Waals surface area contributed by atoms with Crippen molar-refractivity contribution in [1.29, 1.82) is 0 Å². The molecule has 17 heavy (non-hydrogen) atoms. The van der Waals surface area contributed by atoms with E-state index in [1.54, 1.807) is 0 Å². The molecular formula is C12H16ClNO3. The Morgan fingerprint density at radius 2 is 2.24 bits per heavy atom. The van der Waals surface area contributed by atoms with E-state index in [4.69, 9.17) is 16.0 Å². The summed E-state index contributed by atoms with van der Waals surface area (Å²) in [6, 6.07) is 1.54. The number of amides is 1. The van der Waals surface area contributed by atoms with Crippen LogP contribution in [0.2, 0.25) is 5.22 Å². The fourth-order valence-electron chi connectivity index (χ4n) is 2.33. The van der Waals surface area contributed by atoms with Crippen LogP contribution in [0.15, 0.2) is 16.7 Å². The van der Waals surface area contributed by atoms with Crippen LogP contribution in [0.1, 0.15) is 36.0 Å². The Morgan fingerprint density at radius 3 is 2.76 bits per heavy atom. The van der Waals surface area contributed by atoms with E-state index in [0.29, 0.717) is 12.1 Å². The Balaban J connectivity index is 1.94. The molecule has 1 aliphatic carbocycles. The molecule has 5 heteroatoms. The Bertz CT molecular complexity index is 396. The summed E-state index contributed by atoms with van der Waals surface area (Å²) >= 11 is 5.72. The highest BCUT2D eigenvalue weighted by molar-refractivity contribution is 6.32. The predicted molar refractivity (Wildman–Crippen MR) is 64.0 cm³/mol. The fourth-order valence-corrected chi connectivity index (χ4v) is 2.53. The van der Waals surface area contributed by atoms with Gasteiger partial charge in [-0.05, 0) is 30.5 Å². The molecule has 1 aliphatic rings. The van der Waals surface area contributed by atoms with Crippen LogP contribution < -0.4 is 5.32 Å². The van der Waals surface area contributed by atoms with Gasteiger partial charge in [0, 0.05) is 12.0 Å². The molecule has 0 saturated heterocycles. The number of furan rings is 1. The summed E-state index contributed by atoms with van der Waals surface area (Å²) in [5, 5.41) is 12.3. The maximum Gasteiger partial charge on any atom is 0.256 e. The summed E-state index contributed by atoms with van der Waals surface area (Å²) in [6.07, 6.45) is 5.53. The van der Waals surface area contributed by atoms with E-state index in [1.807, 2.05) is 0 Å². The zero-order valence-electron chi connectivity index (χ0n) is 9.54. The monoisotopic (exact) mass is 257 g/mol. The molecule has 0 spiro atoms. The van der Waals surface area contributed by atoms with Gasteiger partial charge in [-0.1, -0.05) is 12.8 Å². The van der Waals surface area contributed by atoms with Crippen LogP contribution in [0.3, 0.4) is 0 Å². The first-order chi connectivity index (χ1) is 8.17. The van der Waals surface area contributed by atoms with E-state index in [9.17, 15) is 9.90 Å². The van der Waals surface area contributed by atoms with Crippen molar-refractivity contribution in [1.82, 2.24) is 5.32 Å². The van der Waals surface area contributed by atoms with Gasteiger partial charge in [-0.15, -0.1) is 0 Å². The molecule has 1 aromatic heterocycles. The van der Waals surface area contributed by atoms with Crippen LogP contribution >= 0.6 is 11.6 Å². The highest BCUT2D eigenvalue weighted by Crippen LogP contribution is 2.37. The molecule has 2 rings (SSSR count). The number of nitrogens with one attached hydrogen (secondary N) is 1. The van der Waals surface area contributed by atoms with Crippen LogP contribution in [0.4, 0.5) is 0 Å². The van der Waals surface area contributed by atoms with Gasteiger partial charge in [0.15, 0.2) is 0 Å². The third kappa shape index (κ3) is 2.64. The molecule has 1 amide bonds. The number of carbonyl (C=O) groups is 1. The number of aliphatic hydroxyl groups is 1. The average molecular weight is 258 g/mol. The Morgan fingerprint density at radius 1 is 1.53 bits per heavy atom. The molecule has 1 fully saturated rings. The number of aliphatic hydroxyl groups excluding tert-OH is 1. The number of hydrogen-bond donors (Lipinski definition) is 2. The molecule has 0 radical (unpaired) electrons. The van der Waals surface area contributed by atoms with Gasteiger partial charge in [0.05, 0.1) is 18.4 Å². The van der Waals surface area contributed by atoms with Gasteiger partial charge in [0.25, 0.3) is 5.91 Å². The SMILES string of the molecule is O=C(NCC1(CO)CCCC1)c1ccoc1Cl. The molecule has 0 aliphatic heterocycles. The summed E-state index contributed by atoms with van der Waals surface area (Å²) in [7, 11) is 0. The first-order valence-electron chi connectivity index (χ1n) is 5.79. The molecule has 0 bridgehead atoms. The van der Waals surface area contributed by atoms with E-state index < -0.39 is 0 Å². The molecule has 0 aromatic carbocycles. The van der Waals surface area contributed by atoms with E-state index in [0.717, 1.165) is 25.7 Å². The fraction of sp³-hybridized carbons (Fsp3) is 0.583. The number of rotatable bonds is 4. The molecular weight excluding hydrogens is 242 g/mol. The topological polar surface area (TPSA) is 62.5 Å². The van der Waals surface area contributed by atoms with Crippen LogP contribution in [-0.4, -0.2) is 24.2 Å². The highest BCUT2D eigenvalue weighted by atomic mass is 35.5. The van der Waals surface area contributed by atoms with Crippen LogP contribution in [0.25, 0.3) is 0 Å². The maximum absolute atomic E-state index is 11.8. The first kappa shape index (κ1) is 12.5.